The molecule has 0 saturated carbocycles. The third kappa shape index (κ3) is 4.71. The molecule has 1 saturated heterocycles. The highest BCUT2D eigenvalue weighted by Gasteiger charge is 2.14. The van der Waals surface area contributed by atoms with Gasteiger partial charge in [-0.25, -0.2) is 4.98 Å². The van der Waals surface area contributed by atoms with Gasteiger partial charge in [0.05, 0.1) is 11.9 Å². The van der Waals surface area contributed by atoms with Crippen LogP contribution in [0.4, 0.5) is 5.95 Å². The zero-order chi connectivity index (χ0) is 15.2. The minimum atomic E-state index is 0.897. The maximum absolute atomic E-state index is 4.44. The number of nitrogens with one attached hydrogen (secondary N) is 1. The molecule has 1 aliphatic heterocycles. The van der Waals surface area contributed by atoms with Crippen LogP contribution in [-0.4, -0.2) is 54.7 Å². The van der Waals surface area contributed by atoms with Crippen LogP contribution in [0.1, 0.15) is 31.9 Å². The molecular formula is C16H31N5. The molecule has 2 rings (SSSR count). The van der Waals surface area contributed by atoms with E-state index in [0.717, 1.165) is 25.0 Å². The van der Waals surface area contributed by atoms with Gasteiger partial charge in [-0.1, -0.05) is 6.92 Å². The van der Waals surface area contributed by atoms with E-state index < -0.39 is 0 Å². The predicted molar refractivity (Wildman–Crippen MR) is 88.7 cm³/mol. The Bertz CT molecular complexity index is 418. The molecule has 5 heteroatoms. The summed E-state index contributed by atoms with van der Waals surface area (Å²) in [5, 5.41) is 3.54. The molecule has 0 aromatic carbocycles. The first-order valence-electron chi connectivity index (χ1n) is 8.19. The summed E-state index contributed by atoms with van der Waals surface area (Å²) in [6.07, 6.45) is 5.94. The van der Waals surface area contributed by atoms with Crippen molar-refractivity contribution in [2.24, 2.45) is 13.0 Å². The summed E-state index contributed by atoms with van der Waals surface area (Å²) in [7, 11) is 6.13. The summed E-state index contributed by atoms with van der Waals surface area (Å²) in [5.41, 5.74) is 1.24. The van der Waals surface area contributed by atoms with Gasteiger partial charge < -0.3 is 19.7 Å². The second kappa shape index (κ2) is 7.80. The van der Waals surface area contributed by atoms with E-state index in [-0.39, 0.29) is 0 Å². The Morgan fingerprint density at radius 3 is 2.67 bits per heavy atom. The molecule has 0 radical (unpaired) electrons. The van der Waals surface area contributed by atoms with Crippen LogP contribution in [0.3, 0.4) is 0 Å². The number of nitrogens with zero attached hydrogens (tertiary/aromatic N) is 4. The maximum atomic E-state index is 4.44. The van der Waals surface area contributed by atoms with Gasteiger partial charge >= 0.3 is 0 Å². The van der Waals surface area contributed by atoms with Crippen molar-refractivity contribution in [3.8, 4) is 0 Å². The Morgan fingerprint density at radius 1 is 1.33 bits per heavy atom. The number of aromatic nitrogens is 2. The Labute approximate surface area is 129 Å². The van der Waals surface area contributed by atoms with E-state index in [0.29, 0.717) is 0 Å². The maximum Gasteiger partial charge on any atom is 0.204 e. The van der Waals surface area contributed by atoms with E-state index in [2.05, 4.69) is 33.7 Å². The van der Waals surface area contributed by atoms with E-state index in [1.54, 1.807) is 0 Å². The molecule has 0 aliphatic carbocycles. The molecule has 0 bridgehead atoms. The molecule has 21 heavy (non-hydrogen) atoms. The fraction of sp³-hybridized carbons (Fsp3) is 0.812. The van der Waals surface area contributed by atoms with Gasteiger partial charge in [0, 0.05) is 27.7 Å². The molecule has 1 aliphatic rings. The smallest absolute Gasteiger partial charge is 0.204 e. The van der Waals surface area contributed by atoms with E-state index in [9.17, 15) is 0 Å². The predicted octanol–water partition coefficient (Wildman–Crippen LogP) is 1.70. The minimum Gasteiger partial charge on any atom is -0.348 e. The Morgan fingerprint density at radius 2 is 2.05 bits per heavy atom. The molecule has 0 unspecified atom stereocenters. The molecule has 0 atom stereocenters. The first-order chi connectivity index (χ1) is 10.1. The van der Waals surface area contributed by atoms with Crippen molar-refractivity contribution < 1.29 is 0 Å². The van der Waals surface area contributed by atoms with Crippen molar-refractivity contribution in [2.75, 3.05) is 45.2 Å². The van der Waals surface area contributed by atoms with Crippen LogP contribution in [0.25, 0.3) is 0 Å². The summed E-state index contributed by atoms with van der Waals surface area (Å²) in [6, 6.07) is 0. The Balaban J connectivity index is 1.62. The van der Waals surface area contributed by atoms with E-state index in [4.69, 9.17) is 0 Å². The van der Waals surface area contributed by atoms with Gasteiger partial charge in [-0.2, -0.15) is 0 Å². The molecule has 1 aromatic rings. The van der Waals surface area contributed by atoms with Gasteiger partial charge in [-0.15, -0.1) is 0 Å². The first-order valence-corrected chi connectivity index (χ1v) is 8.19. The third-order valence-corrected chi connectivity index (χ3v) is 4.47. The number of rotatable bonds is 7. The Hall–Kier alpha value is -1.07. The summed E-state index contributed by atoms with van der Waals surface area (Å²) >= 11 is 0. The average molecular weight is 293 g/mol. The zero-order valence-corrected chi connectivity index (χ0v) is 14.1. The van der Waals surface area contributed by atoms with Gasteiger partial charge in [0.2, 0.25) is 5.95 Å². The van der Waals surface area contributed by atoms with Gasteiger partial charge in [0.25, 0.3) is 0 Å². The largest absolute Gasteiger partial charge is 0.348 e. The van der Waals surface area contributed by atoms with Gasteiger partial charge in [0.1, 0.15) is 0 Å². The molecule has 1 N–H and O–H groups in total. The number of hydrogen-bond acceptors (Lipinski definition) is 4. The van der Waals surface area contributed by atoms with Gasteiger partial charge in [-0.3, -0.25) is 0 Å². The van der Waals surface area contributed by atoms with Crippen LogP contribution in [0.15, 0.2) is 6.20 Å². The van der Waals surface area contributed by atoms with Crippen molar-refractivity contribution in [3.63, 3.8) is 0 Å². The van der Waals surface area contributed by atoms with Crippen LogP contribution in [0.2, 0.25) is 0 Å². The third-order valence-electron chi connectivity index (χ3n) is 4.47. The molecule has 0 amide bonds. The SMILES string of the molecule is CC1CCN(CCCNCc2cnc(N(C)C)n2C)CC1. The zero-order valence-electron chi connectivity index (χ0n) is 14.1. The standard InChI is InChI=1S/C16H31N5/c1-14-6-10-21(11-7-14)9-5-8-17-12-15-13-18-16(19(2)3)20(15)4/h13-14,17H,5-12H2,1-4H3. The highest BCUT2D eigenvalue weighted by Crippen LogP contribution is 2.15. The second-order valence-electron chi connectivity index (χ2n) is 6.56. The summed E-state index contributed by atoms with van der Waals surface area (Å²) in [5.74, 6) is 1.93. The van der Waals surface area contributed by atoms with E-state index in [1.165, 1.54) is 44.6 Å². The van der Waals surface area contributed by atoms with Gasteiger partial charge in [-0.05, 0) is 51.4 Å². The molecule has 1 fully saturated rings. The molecule has 2 heterocycles. The average Bonchev–Trinajstić information content (AvgIpc) is 2.82. The van der Waals surface area contributed by atoms with Gasteiger partial charge in [0.15, 0.2) is 0 Å². The molecule has 120 valence electrons. The van der Waals surface area contributed by atoms with Crippen molar-refractivity contribution in [1.29, 1.82) is 0 Å². The lowest BCUT2D eigenvalue weighted by atomic mass is 9.99. The lowest BCUT2D eigenvalue weighted by Gasteiger charge is -2.30. The fourth-order valence-electron chi connectivity index (χ4n) is 2.94. The molecule has 1 aromatic heterocycles. The quantitative estimate of drug-likeness (QED) is 0.776. The van der Waals surface area contributed by atoms with Crippen LogP contribution in [0, 0.1) is 5.92 Å². The topological polar surface area (TPSA) is 36.3 Å². The second-order valence-corrected chi connectivity index (χ2v) is 6.56. The van der Waals surface area contributed by atoms with E-state index >= 15 is 0 Å². The number of anilines is 1. The van der Waals surface area contributed by atoms with Crippen LogP contribution in [0.5, 0.6) is 0 Å². The van der Waals surface area contributed by atoms with Crippen LogP contribution >= 0.6 is 0 Å². The van der Waals surface area contributed by atoms with Crippen LogP contribution in [-0.2, 0) is 13.6 Å². The monoisotopic (exact) mass is 293 g/mol. The van der Waals surface area contributed by atoms with Crippen molar-refractivity contribution in [3.05, 3.63) is 11.9 Å². The highest BCUT2D eigenvalue weighted by atomic mass is 15.3. The van der Waals surface area contributed by atoms with E-state index in [1.807, 2.05) is 25.2 Å². The van der Waals surface area contributed by atoms with Crippen molar-refractivity contribution >= 4 is 5.95 Å². The molecule has 5 nitrogen and oxygen atoms in total. The molecule has 0 spiro atoms. The normalized spacial score (nSPS) is 17.3. The fourth-order valence-corrected chi connectivity index (χ4v) is 2.94. The highest BCUT2D eigenvalue weighted by molar-refractivity contribution is 5.30. The van der Waals surface area contributed by atoms with Crippen molar-refractivity contribution in [1.82, 2.24) is 19.8 Å². The van der Waals surface area contributed by atoms with Crippen LogP contribution < -0.4 is 10.2 Å². The number of hydrogen-bond donors (Lipinski definition) is 1. The lowest BCUT2D eigenvalue weighted by molar-refractivity contribution is 0.190. The Kier molecular flexibility index (Phi) is 6.06. The lowest BCUT2D eigenvalue weighted by Crippen LogP contribution is -2.34. The number of imidazole rings is 1. The first kappa shape index (κ1) is 16.3. The molecular weight excluding hydrogens is 262 g/mol. The summed E-state index contributed by atoms with van der Waals surface area (Å²) in [4.78, 5) is 9.08. The minimum absolute atomic E-state index is 0.897. The number of piperidine rings is 1. The number of likely N-dealkylation sites (tertiary alicyclic amines) is 1. The summed E-state index contributed by atoms with van der Waals surface area (Å²) < 4.78 is 2.15. The van der Waals surface area contributed by atoms with Crippen molar-refractivity contribution in [2.45, 2.75) is 32.7 Å². The summed E-state index contributed by atoms with van der Waals surface area (Å²) in [6.45, 7) is 8.15.